The van der Waals surface area contributed by atoms with Gasteiger partial charge in [-0.1, -0.05) is 18.2 Å². The van der Waals surface area contributed by atoms with Crippen molar-refractivity contribution in [3.8, 4) is 5.75 Å². The van der Waals surface area contributed by atoms with Gasteiger partial charge in [-0.05, 0) is 31.9 Å². The van der Waals surface area contributed by atoms with Crippen LogP contribution in [0.4, 0.5) is 0 Å². The fourth-order valence-corrected chi connectivity index (χ4v) is 1.80. The lowest BCUT2D eigenvalue weighted by Crippen LogP contribution is -2.35. The summed E-state index contributed by atoms with van der Waals surface area (Å²) >= 11 is 0. The van der Waals surface area contributed by atoms with Crippen molar-refractivity contribution in [2.45, 2.75) is 33.0 Å². The van der Waals surface area contributed by atoms with Crippen LogP contribution in [0.25, 0.3) is 0 Å². The normalized spacial score (nSPS) is 14.2. The lowest BCUT2D eigenvalue weighted by molar-refractivity contribution is 0.0900. The van der Waals surface area contributed by atoms with Crippen LogP contribution in [-0.4, -0.2) is 44.1 Å². The third kappa shape index (κ3) is 5.59. The summed E-state index contributed by atoms with van der Waals surface area (Å²) in [5.41, 5.74) is 2.18. The van der Waals surface area contributed by atoms with E-state index in [0.29, 0.717) is 13.2 Å². The third-order valence-corrected chi connectivity index (χ3v) is 3.04. The molecule has 0 radical (unpaired) electrons. The number of hydrogen-bond donors (Lipinski definition) is 2. The predicted octanol–water partition coefficient (Wildman–Crippen LogP) is 1.67. The number of rotatable bonds is 8. The molecule has 0 bridgehead atoms. The minimum absolute atomic E-state index is 0.145. The number of hydrogen-bond acceptors (Lipinski definition) is 4. The maximum absolute atomic E-state index is 9.85. The summed E-state index contributed by atoms with van der Waals surface area (Å²) in [6, 6.07) is 6.02. The number of aliphatic hydroxyl groups excluding tert-OH is 1. The van der Waals surface area contributed by atoms with Gasteiger partial charge in [-0.25, -0.2) is 0 Å². The summed E-state index contributed by atoms with van der Waals surface area (Å²) in [6.45, 7) is 7.50. The average molecular weight is 267 g/mol. The summed E-state index contributed by atoms with van der Waals surface area (Å²) in [5, 5.41) is 13.0. The number of methoxy groups -OCH3 is 1. The molecular formula is C15H25NO3. The molecule has 2 unspecified atom stereocenters. The molecule has 2 atom stereocenters. The molecule has 0 saturated heterocycles. The molecule has 1 aromatic rings. The van der Waals surface area contributed by atoms with Crippen molar-refractivity contribution in [3.63, 3.8) is 0 Å². The molecule has 108 valence electrons. The Labute approximate surface area is 115 Å². The zero-order valence-corrected chi connectivity index (χ0v) is 12.3. The van der Waals surface area contributed by atoms with Crippen LogP contribution < -0.4 is 10.1 Å². The first-order valence-electron chi connectivity index (χ1n) is 6.65. The van der Waals surface area contributed by atoms with Gasteiger partial charge in [0.2, 0.25) is 0 Å². The highest BCUT2D eigenvalue weighted by molar-refractivity contribution is 5.39. The zero-order chi connectivity index (χ0) is 14.3. The molecular weight excluding hydrogens is 242 g/mol. The minimum Gasteiger partial charge on any atom is -0.490 e. The standard InChI is InChI=1S/C15H25NO3/c1-11-6-5-7-12(2)15(11)19-10-14(17)9-16-8-13(3)18-4/h5-7,13-14,16-17H,8-10H2,1-4H3. The van der Waals surface area contributed by atoms with E-state index in [2.05, 4.69) is 5.32 Å². The molecule has 19 heavy (non-hydrogen) atoms. The Morgan fingerprint density at radius 1 is 1.21 bits per heavy atom. The fraction of sp³-hybridized carbons (Fsp3) is 0.600. The molecule has 4 heteroatoms. The molecule has 0 aliphatic heterocycles. The van der Waals surface area contributed by atoms with E-state index in [1.165, 1.54) is 0 Å². The van der Waals surface area contributed by atoms with Crippen LogP contribution in [0.1, 0.15) is 18.1 Å². The Kier molecular flexibility index (Phi) is 6.84. The maximum atomic E-state index is 9.85. The highest BCUT2D eigenvalue weighted by atomic mass is 16.5. The van der Waals surface area contributed by atoms with E-state index in [1.54, 1.807) is 7.11 Å². The smallest absolute Gasteiger partial charge is 0.125 e. The van der Waals surface area contributed by atoms with Gasteiger partial charge in [0.15, 0.2) is 0 Å². The van der Waals surface area contributed by atoms with Gasteiger partial charge in [0.1, 0.15) is 18.5 Å². The second-order valence-electron chi connectivity index (χ2n) is 4.89. The summed E-state index contributed by atoms with van der Waals surface area (Å²) < 4.78 is 10.8. The lowest BCUT2D eigenvalue weighted by Gasteiger charge is -2.17. The van der Waals surface area contributed by atoms with Gasteiger partial charge in [-0.2, -0.15) is 0 Å². The van der Waals surface area contributed by atoms with Crippen LogP contribution in [0.3, 0.4) is 0 Å². The van der Waals surface area contributed by atoms with Crippen molar-refractivity contribution < 1.29 is 14.6 Å². The van der Waals surface area contributed by atoms with E-state index < -0.39 is 6.10 Å². The number of ether oxygens (including phenoxy) is 2. The van der Waals surface area contributed by atoms with Crippen LogP contribution in [0, 0.1) is 13.8 Å². The van der Waals surface area contributed by atoms with Gasteiger partial charge in [0.25, 0.3) is 0 Å². The van der Waals surface area contributed by atoms with E-state index in [9.17, 15) is 5.11 Å². The Balaban J connectivity index is 2.32. The van der Waals surface area contributed by atoms with Crippen molar-refractivity contribution in [1.29, 1.82) is 0 Å². The quantitative estimate of drug-likeness (QED) is 0.752. The first-order chi connectivity index (χ1) is 9.04. The summed E-state index contributed by atoms with van der Waals surface area (Å²) in [6.07, 6.45) is -0.380. The first kappa shape index (κ1) is 16.0. The molecule has 0 saturated carbocycles. The molecule has 1 rings (SSSR count). The van der Waals surface area contributed by atoms with E-state index in [4.69, 9.17) is 9.47 Å². The van der Waals surface area contributed by atoms with E-state index in [1.807, 2.05) is 39.0 Å². The Morgan fingerprint density at radius 3 is 2.42 bits per heavy atom. The van der Waals surface area contributed by atoms with Gasteiger partial charge in [0.05, 0.1) is 6.10 Å². The molecule has 0 fully saturated rings. The first-order valence-corrected chi connectivity index (χ1v) is 6.65. The number of nitrogens with one attached hydrogen (secondary N) is 1. The minimum atomic E-state index is -0.525. The summed E-state index contributed by atoms with van der Waals surface area (Å²) in [5.74, 6) is 0.867. The molecule has 0 aromatic heterocycles. The zero-order valence-electron chi connectivity index (χ0n) is 12.3. The molecule has 0 aliphatic carbocycles. The lowest BCUT2D eigenvalue weighted by atomic mass is 10.1. The van der Waals surface area contributed by atoms with Crippen molar-refractivity contribution in [3.05, 3.63) is 29.3 Å². The molecule has 0 spiro atoms. The van der Waals surface area contributed by atoms with Gasteiger partial charge in [-0.15, -0.1) is 0 Å². The monoisotopic (exact) mass is 267 g/mol. The molecule has 4 nitrogen and oxygen atoms in total. The number of benzene rings is 1. The second-order valence-corrected chi connectivity index (χ2v) is 4.89. The van der Waals surface area contributed by atoms with Crippen molar-refractivity contribution >= 4 is 0 Å². The number of para-hydroxylation sites is 1. The topological polar surface area (TPSA) is 50.7 Å². The van der Waals surface area contributed by atoms with Gasteiger partial charge < -0.3 is 19.9 Å². The molecule has 0 heterocycles. The van der Waals surface area contributed by atoms with Crippen LogP contribution in [0.5, 0.6) is 5.75 Å². The molecule has 2 N–H and O–H groups in total. The Hall–Kier alpha value is -1.10. The van der Waals surface area contributed by atoms with Gasteiger partial charge in [0, 0.05) is 20.2 Å². The average Bonchev–Trinajstić information content (AvgIpc) is 2.38. The summed E-state index contributed by atoms with van der Waals surface area (Å²) in [4.78, 5) is 0. The number of aliphatic hydroxyl groups is 1. The maximum Gasteiger partial charge on any atom is 0.125 e. The van der Waals surface area contributed by atoms with Crippen LogP contribution >= 0.6 is 0 Å². The van der Waals surface area contributed by atoms with Crippen LogP contribution in [-0.2, 0) is 4.74 Å². The third-order valence-electron chi connectivity index (χ3n) is 3.04. The Morgan fingerprint density at radius 2 is 1.84 bits per heavy atom. The predicted molar refractivity (Wildman–Crippen MR) is 76.8 cm³/mol. The Bertz CT molecular complexity index is 361. The second kappa shape index (κ2) is 8.15. The number of aryl methyl sites for hydroxylation is 2. The molecule has 1 aromatic carbocycles. The highest BCUT2D eigenvalue weighted by Gasteiger charge is 2.09. The fourth-order valence-electron chi connectivity index (χ4n) is 1.80. The molecule has 0 amide bonds. The van der Waals surface area contributed by atoms with Gasteiger partial charge >= 0.3 is 0 Å². The summed E-state index contributed by atoms with van der Waals surface area (Å²) in [7, 11) is 1.67. The van der Waals surface area contributed by atoms with Crippen LogP contribution in [0.2, 0.25) is 0 Å². The van der Waals surface area contributed by atoms with E-state index >= 15 is 0 Å². The highest BCUT2D eigenvalue weighted by Crippen LogP contribution is 2.22. The van der Waals surface area contributed by atoms with E-state index in [-0.39, 0.29) is 6.10 Å². The van der Waals surface area contributed by atoms with E-state index in [0.717, 1.165) is 23.4 Å². The van der Waals surface area contributed by atoms with Gasteiger partial charge in [-0.3, -0.25) is 0 Å². The van der Waals surface area contributed by atoms with Crippen molar-refractivity contribution in [2.75, 3.05) is 26.8 Å². The van der Waals surface area contributed by atoms with Crippen LogP contribution in [0.15, 0.2) is 18.2 Å². The molecule has 0 aliphatic rings. The largest absolute Gasteiger partial charge is 0.490 e. The SMILES string of the molecule is COC(C)CNCC(O)COc1c(C)cccc1C. The van der Waals surface area contributed by atoms with Crippen molar-refractivity contribution in [2.24, 2.45) is 0 Å². The van der Waals surface area contributed by atoms with Crippen molar-refractivity contribution in [1.82, 2.24) is 5.32 Å².